The Balaban J connectivity index is 1.48. The third-order valence-electron chi connectivity index (χ3n) is 4.42. The van der Waals surface area contributed by atoms with E-state index in [1.807, 2.05) is 18.2 Å². The highest BCUT2D eigenvalue weighted by Crippen LogP contribution is 2.24. The van der Waals surface area contributed by atoms with Gasteiger partial charge < -0.3 is 10.1 Å². The first-order chi connectivity index (χ1) is 15.9. The van der Waals surface area contributed by atoms with Crippen LogP contribution in [0.25, 0.3) is 0 Å². The predicted octanol–water partition coefficient (Wildman–Crippen LogP) is 5.58. The third kappa shape index (κ3) is 7.59. The van der Waals surface area contributed by atoms with Crippen LogP contribution in [0, 0.1) is 5.82 Å². The van der Waals surface area contributed by atoms with Gasteiger partial charge in [0.25, 0.3) is 0 Å². The van der Waals surface area contributed by atoms with Crippen LogP contribution < -0.4 is 15.5 Å². The van der Waals surface area contributed by atoms with Crippen LogP contribution in [0.5, 0.6) is 5.75 Å². The number of hydrogen-bond donors (Lipinski definition) is 2. The molecule has 2 amide bonds. The second-order valence-corrected chi connectivity index (χ2v) is 7.71. The highest BCUT2D eigenvalue weighted by molar-refractivity contribution is 6.42. The molecule has 0 unspecified atom stereocenters. The van der Waals surface area contributed by atoms with Gasteiger partial charge in [0.2, 0.25) is 11.8 Å². The van der Waals surface area contributed by atoms with Crippen molar-refractivity contribution >= 4 is 46.9 Å². The van der Waals surface area contributed by atoms with Gasteiger partial charge in [-0.15, -0.1) is 0 Å². The van der Waals surface area contributed by atoms with Crippen LogP contribution >= 0.6 is 23.2 Å². The zero-order valence-electron chi connectivity index (χ0n) is 17.4. The first-order valence-electron chi connectivity index (χ1n) is 9.94. The lowest BCUT2D eigenvalue weighted by atomic mass is 10.2. The van der Waals surface area contributed by atoms with Crippen LogP contribution in [0.1, 0.15) is 24.0 Å². The summed E-state index contributed by atoms with van der Waals surface area (Å²) in [5, 5.41) is 7.26. The second-order valence-electron chi connectivity index (χ2n) is 6.90. The summed E-state index contributed by atoms with van der Waals surface area (Å²) < 4.78 is 19.4. The zero-order valence-corrected chi connectivity index (χ0v) is 18.9. The van der Waals surface area contributed by atoms with E-state index in [-0.39, 0.29) is 25.1 Å². The molecule has 0 bridgehead atoms. The van der Waals surface area contributed by atoms with Gasteiger partial charge in [0, 0.05) is 18.4 Å². The molecule has 0 aromatic heterocycles. The summed E-state index contributed by atoms with van der Waals surface area (Å²) in [6.45, 7) is 0.269. The van der Waals surface area contributed by atoms with Crippen molar-refractivity contribution in [1.82, 2.24) is 5.43 Å². The fourth-order valence-electron chi connectivity index (χ4n) is 2.74. The van der Waals surface area contributed by atoms with Crippen LogP contribution in [-0.4, -0.2) is 18.0 Å². The number of carbonyl (C=O) groups is 2. The molecule has 33 heavy (non-hydrogen) atoms. The van der Waals surface area contributed by atoms with Crippen molar-refractivity contribution in [2.24, 2.45) is 5.10 Å². The van der Waals surface area contributed by atoms with E-state index in [9.17, 15) is 14.0 Å². The van der Waals surface area contributed by atoms with Gasteiger partial charge in [0.15, 0.2) is 0 Å². The number of carbonyl (C=O) groups excluding carboxylic acids is 2. The third-order valence-corrected chi connectivity index (χ3v) is 5.16. The largest absolute Gasteiger partial charge is 0.488 e. The van der Waals surface area contributed by atoms with Gasteiger partial charge in [-0.05, 0) is 42.0 Å². The van der Waals surface area contributed by atoms with Gasteiger partial charge in [-0.1, -0.05) is 53.5 Å². The Morgan fingerprint density at radius 1 is 0.939 bits per heavy atom. The maximum atomic E-state index is 13.6. The van der Waals surface area contributed by atoms with Crippen LogP contribution in [0.4, 0.5) is 10.1 Å². The summed E-state index contributed by atoms with van der Waals surface area (Å²) in [5.74, 6) is -0.907. The molecule has 0 aliphatic heterocycles. The Bertz CT molecular complexity index is 1170. The van der Waals surface area contributed by atoms with Gasteiger partial charge in [-0.25, -0.2) is 9.82 Å². The fraction of sp³-hybridized carbons (Fsp3) is 0.125. The Morgan fingerprint density at radius 2 is 1.67 bits per heavy atom. The smallest absolute Gasteiger partial charge is 0.240 e. The van der Waals surface area contributed by atoms with Crippen molar-refractivity contribution < 1.29 is 18.7 Å². The van der Waals surface area contributed by atoms with Crippen LogP contribution in [0.2, 0.25) is 10.0 Å². The van der Waals surface area contributed by atoms with Crippen molar-refractivity contribution in [3.8, 4) is 5.75 Å². The summed E-state index contributed by atoms with van der Waals surface area (Å²) in [5.41, 5.74) is 3.93. The number of anilines is 1. The van der Waals surface area contributed by atoms with E-state index in [0.29, 0.717) is 21.4 Å². The first-order valence-corrected chi connectivity index (χ1v) is 10.7. The van der Waals surface area contributed by atoms with E-state index in [1.165, 1.54) is 24.4 Å². The SMILES string of the molecule is O=C(CCC(=O)Nc1ccccc1F)NN=Cc1ccccc1OCc1ccc(Cl)c(Cl)c1. The maximum Gasteiger partial charge on any atom is 0.240 e. The van der Waals surface area contributed by atoms with Crippen molar-refractivity contribution in [3.63, 3.8) is 0 Å². The average Bonchev–Trinajstić information content (AvgIpc) is 2.81. The Labute approximate surface area is 200 Å². The quantitative estimate of drug-likeness (QED) is 0.305. The monoisotopic (exact) mass is 487 g/mol. The molecule has 170 valence electrons. The number of hydrogen-bond acceptors (Lipinski definition) is 4. The number of para-hydroxylation sites is 2. The summed E-state index contributed by atoms with van der Waals surface area (Å²) in [7, 11) is 0. The van der Waals surface area contributed by atoms with Gasteiger partial charge in [0.05, 0.1) is 21.9 Å². The first kappa shape index (κ1) is 24.2. The molecular weight excluding hydrogens is 468 g/mol. The van der Waals surface area contributed by atoms with Gasteiger partial charge >= 0.3 is 0 Å². The van der Waals surface area contributed by atoms with E-state index in [4.69, 9.17) is 27.9 Å². The number of ether oxygens (including phenoxy) is 1. The summed E-state index contributed by atoms with van der Waals surface area (Å²) in [6, 6.07) is 18.2. The molecule has 0 saturated heterocycles. The number of nitrogens with one attached hydrogen (secondary N) is 2. The second kappa shape index (κ2) is 12.0. The minimum atomic E-state index is -0.542. The number of benzene rings is 3. The van der Waals surface area contributed by atoms with E-state index < -0.39 is 17.6 Å². The standard InChI is InChI=1S/C24H20Cl2FN3O3/c25-18-10-9-16(13-19(18)26)15-33-22-8-4-1-5-17(22)14-28-30-24(32)12-11-23(31)29-21-7-3-2-6-20(21)27/h1-10,13-14H,11-12,15H2,(H,29,31)(H,30,32). The maximum absolute atomic E-state index is 13.6. The Morgan fingerprint density at radius 3 is 2.45 bits per heavy atom. The average molecular weight is 488 g/mol. The Hall–Kier alpha value is -3.42. The topological polar surface area (TPSA) is 79.8 Å². The number of amides is 2. The van der Waals surface area contributed by atoms with E-state index >= 15 is 0 Å². The van der Waals surface area contributed by atoms with Crippen LogP contribution in [-0.2, 0) is 16.2 Å². The van der Waals surface area contributed by atoms with Crippen molar-refractivity contribution in [3.05, 3.63) is 93.7 Å². The molecule has 2 N–H and O–H groups in total. The molecule has 0 saturated carbocycles. The van der Waals surface area contributed by atoms with E-state index in [2.05, 4.69) is 15.8 Å². The summed E-state index contributed by atoms with van der Waals surface area (Å²) >= 11 is 12.0. The molecule has 0 radical (unpaired) electrons. The van der Waals surface area contributed by atoms with Crippen molar-refractivity contribution in [1.29, 1.82) is 0 Å². The van der Waals surface area contributed by atoms with Crippen LogP contribution in [0.15, 0.2) is 71.8 Å². The van der Waals surface area contributed by atoms with E-state index in [0.717, 1.165) is 5.56 Å². The van der Waals surface area contributed by atoms with E-state index in [1.54, 1.807) is 30.3 Å². The normalized spacial score (nSPS) is 10.8. The van der Waals surface area contributed by atoms with Gasteiger partial charge in [0.1, 0.15) is 18.2 Å². The highest BCUT2D eigenvalue weighted by atomic mass is 35.5. The van der Waals surface area contributed by atoms with Crippen molar-refractivity contribution in [2.75, 3.05) is 5.32 Å². The lowest BCUT2D eigenvalue weighted by Crippen LogP contribution is -2.21. The lowest BCUT2D eigenvalue weighted by Gasteiger charge is -2.09. The molecule has 6 nitrogen and oxygen atoms in total. The molecule has 0 heterocycles. The van der Waals surface area contributed by atoms with Gasteiger partial charge in [-0.2, -0.15) is 5.10 Å². The number of rotatable bonds is 9. The zero-order chi connectivity index (χ0) is 23.6. The predicted molar refractivity (Wildman–Crippen MR) is 127 cm³/mol. The molecule has 0 aliphatic carbocycles. The molecule has 3 rings (SSSR count). The summed E-state index contributed by atoms with van der Waals surface area (Å²) in [6.07, 6.45) is 1.23. The lowest BCUT2D eigenvalue weighted by molar-refractivity contribution is -0.124. The molecule has 0 aliphatic rings. The molecule has 0 spiro atoms. The number of hydrazone groups is 1. The van der Waals surface area contributed by atoms with Crippen LogP contribution in [0.3, 0.4) is 0 Å². The molecular formula is C24H20Cl2FN3O3. The Kier molecular flexibility index (Phi) is 8.80. The molecule has 3 aromatic carbocycles. The highest BCUT2D eigenvalue weighted by Gasteiger charge is 2.09. The molecule has 9 heteroatoms. The minimum absolute atomic E-state index is 0.0680. The number of nitrogens with zero attached hydrogens (tertiary/aromatic N) is 1. The molecule has 0 fully saturated rings. The number of halogens is 3. The van der Waals surface area contributed by atoms with Crippen molar-refractivity contribution in [2.45, 2.75) is 19.4 Å². The minimum Gasteiger partial charge on any atom is -0.488 e. The molecule has 3 aromatic rings. The fourth-order valence-corrected chi connectivity index (χ4v) is 3.06. The molecule has 0 atom stereocenters. The van der Waals surface area contributed by atoms with Gasteiger partial charge in [-0.3, -0.25) is 9.59 Å². The summed E-state index contributed by atoms with van der Waals surface area (Å²) in [4.78, 5) is 23.9.